The van der Waals surface area contributed by atoms with Crippen LogP contribution in [0.3, 0.4) is 0 Å². The van der Waals surface area contributed by atoms with Gasteiger partial charge < -0.3 is 15.1 Å². The lowest BCUT2D eigenvalue weighted by Gasteiger charge is -2.21. The third-order valence-corrected chi connectivity index (χ3v) is 5.18. The number of β-amino-alcohol motifs (C(OH)–C–C–N with tert-alkyl or cyclic N) is 1. The number of carbonyl (C=O) groups excluding carboxylic acids is 1. The van der Waals surface area contributed by atoms with Crippen LogP contribution in [0.1, 0.15) is 22.3 Å². The summed E-state index contributed by atoms with van der Waals surface area (Å²) in [5.74, 6) is -0.136. The van der Waals surface area contributed by atoms with Crippen LogP contribution in [0.4, 0.5) is 0 Å². The third-order valence-electron chi connectivity index (χ3n) is 5.18. The Bertz CT molecular complexity index is 970. The van der Waals surface area contributed by atoms with Crippen LogP contribution in [0.15, 0.2) is 67.0 Å². The predicted molar refractivity (Wildman–Crippen MR) is 106 cm³/mol. The number of hydrogen-bond donors (Lipinski definition) is 2. The van der Waals surface area contributed by atoms with E-state index in [0.717, 1.165) is 11.1 Å². The molecule has 0 saturated carbocycles. The van der Waals surface area contributed by atoms with Crippen LogP contribution in [-0.2, 0) is 6.54 Å². The Labute approximate surface area is 163 Å². The minimum atomic E-state index is -1.19. The van der Waals surface area contributed by atoms with E-state index in [0.29, 0.717) is 25.1 Å². The zero-order chi connectivity index (χ0) is 19.6. The summed E-state index contributed by atoms with van der Waals surface area (Å²) in [6.45, 7) is 0.946. The summed E-state index contributed by atoms with van der Waals surface area (Å²) >= 11 is 0. The van der Waals surface area contributed by atoms with Crippen molar-refractivity contribution < 1.29 is 15.0 Å². The Hall–Kier alpha value is -2.96. The van der Waals surface area contributed by atoms with Crippen molar-refractivity contribution in [2.24, 2.45) is 0 Å². The summed E-state index contributed by atoms with van der Waals surface area (Å²) in [6, 6.07) is 17.5. The van der Waals surface area contributed by atoms with Gasteiger partial charge in [0.05, 0.1) is 25.9 Å². The lowest BCUT2D eigenvalue weighted by molar-refractivity contribution is -0.00455. The molecule has 4 rings (SSSR count). The molecule has 6 nitrogen and oxygen atoms in total. The van der Waals surface area contributed by atoms with Gasteiger partial charge in [0.25, 0.3) is 5.91 Å². The van der Waals surface area contributed by atoms with Crippen molar-refractivity contribution in [3.8, 4) is 11.1 Å². The van der Waals surface area contributed by atoms with Crippen LogP contribution in [-0.4, -0.2) is 56.1 Å². The largest absolute Gasteiger partial charge is 0.393 e. The summed E-state index contributed by atoms with van der Waals surface area (Å²) < 4.78 is 1.88. The highest BCUT2D eigenvalue weighted by atomic mass is 16.3. The van der Waals surface area contributed by atoms with E-state index in [2.05, 4.69) is 17.2 Å². The number of hydrogen-bond acceptors (Lipinski definition) is 4. The molecule has 0 aliphatic carbocycles. The van der Waals surface area contributed by atoms with E-state index in [1.165, 1.54) is 5.56 Å². The molecular formula is C22H23N3O3. The van der Waals surface area contributed by atoms with Gasteiger partial charge in [-0.1, -0.05) is 42.5 Å². The predicted octanol–water partition coefficient (Wildman–Crippen LogP) is 2.17. The van der Waals surface area contributed by atoms with Gasteiger partial charge in [-0.25, -0.2) is 0 Å². The summed E-state index contributed by atoms with van der Waals surface area (Å²) in [5.41, 5.74) is 2.41. The van der Waals surface area contributed by atoms with Gasteiger partial charge in [-0.15, -0.1) is 0 Å². The average Bonchev–Trinajstić information content (AvgIpc) is 3.36. The highest BCUT2D eigenvalue weighted by Crippen LogP contribution is 2.25. The number of nitrogens with zero attached hydrogens (tertiary/aromatic N) is 3. The first-order valence-corrected chi connectivity index (χ1v) is 9.36. The van der Waals surface area contributed by atoms with Gasteiger partial charge in [-0.3, -0.25) is 9.48 Å². The smallest absolute Gasteiger partial charge is 0.253 e. The highest BCUT2D eigenvalue weighted by Gasteiger charge is 2.37. The molecule has 144 valence electrons. The quantitative estimate of drug-likeness (QED) is 0.714. The number of amides is 1. The van der Waals surface area contributed by atoms with E-state index in [4.69, 9.17) is 0 Å². The van der Waals surface area contributed by atoms with Crippen molar-refractivity contribution in [1.82, 2.24) is 14.7 Å². The number of benzene rings is 2. The fraction of sp³-hybridized carbons (Fsp3) is 0.273. The first kappa shape index (κ1) is 18.4. The molecule has 1 aliphatic rings. The topological polar surface area (TPSA) is 78.6 Å². The fourth-order valence-corrected chi connectivity index (χ4v) is 3.54. The van der Waals surface area contributed by atoms with E-state index in [1.54, 1.807) is 17.2 Å². The Morgan fingerprint density at radius 2 is 1.93 bits per heavy atom. The zero-order valence-electron chi connectivity index (χ0n) is 15.5. The van der Waals surface area contributed by atoms with E-state index in [1.807, 2.05) is 47.3 Å². The van der Waals surface area contributed by atoms with Crippen molar-refractivity contribution in [2.45, 2.75) is 18.6 Å². The number of carbonyl (C=O) groups is 1. The van der Waals surface area contributed by atoms with Crippen molar-refractivity contribution in [2.75, 3.05) is 19.7 Å². The Kier molecular flexibility index (Phi) is 4.98. The van der Waals surface area contributed by atoms with Gasteiger partial charge in [-0.05, 0) is 29.7 Å². The molecule has 1 amide bonds. The SMILES string of the molecule is O=C(c1cccc(-c2cnn(Cc3ccccc3)c2)c1)N1CC[C@@](O)(CO)C1. The second-order valence-electron chi connectivity index (χ2n) is 7.35. The molecule has 0 spiro atoms. The molecule has 0 unspecified atom stereocenters. The highest BCUT2D eigenvalue weighted by molar-refractivity contribution is 5.95. The van der Waals surface area contributed by atoms with Crippen LogP contribution >= 0.6 is 0 Å². The standard InChI is InChI=1S/C22H23N3O3/c26-16-22(28)9-10-24(15-22)21(27)19-8-4-7-18(11-19)20-12-23-25(14-20)13-17-5-2-1-3-6-17/h1-8,11-12,14,26,28H,9-10,13,15-16H2/t22-/m0/s1. The van der Waals surface area contributed by atoms with E-state index in [9.17, 15) is 15.0 Å². The number of aliphatic hydroxyl groups is 2. The van der Waals surface area contributed by atoms with E-state index >= 15 is 0 Å². The van der Waals surface area contributed by atoms with Crippen molar-refractivity contribution in [3.63, 3.8) is 0 Å². The minimum Gasteiger partial charge on any atom is -0.393 e. The molecule has 0 bridgehead atoms. The molecule has 2 aromatic carbocycles. The molecule has 2 N–H and O–H groups in total. The zero-order valence-corrected chi connectivity index (χ0v) is 15.5. The molecule has 3 aromatic rings. The number of aromatic nitrogens is 2. The number of likely N-dealkylation sites (tertiary alicyclic amines) is 1. The molecule has 6 heteroatoms. The normalized spacial score (nSPS) is 19.1. The number of rotatable bonds is 5. The van der Waals surface area contributed by atoms with Gasteiger partial charge in [0, 0.05) is 23.9 Å². The van der Waals surface area contributed by atoms with Gasteiger partial charge in [0.15, 0.2) is 0 Å². The molecule has 1 aliphatic heterocycles. The molecular weight excluding hydrogens is 354 g/mol. The Morgan fingerprint density at radius 3 is 2.68 bits per heavy atom. The molecule has 28 heavy (non-hydrogen) atoms. The third kappa shape index (κ3) is 3.83. The van der Waals surface area contributed by atoms with Crippen LogP contribution < -0.4 is 0 Å². The summed E-state index contributed by atoms with van der Waals surface area (Å²) in [7, 11) is 0. The minimum absolute atomic E-state index is 0.136. The van der Waals surface area contributed by atoms with Gasteiger partial charge >= 0.3 is 0 Å². The maximum atomic E-state index is 12.8. The summed E-state index contributed by atoms with van der Waals surface area (Å²) in [5, 5.41) is 23.9. The second-order valence-corrected chi connectivity index (χ2v) is 7.35. The lowest BCUT2D eigenvalue weighted by atomic mass is 10.0. The molecule has 1 atom stereocenters. The van der Waals surface area contributed by atoms with Crippen LogP contribution in [0.2, 0.25) is 0 Å². The van der Waals surface area contributed by atoms with Crippen molar-refractivity contribution in [3.05, 3.63) is 78.1 Å². The van der Waals surface area contributed by atoms with E-state index in [-0.39, 0.29) is 19.1 Å². The first-order valence-electron chi connectivity index (χ1n) is 9.36. The van der Waals surface area contributed by atoms with Gasteiger partial charge in [-0.2, -0.15) is 5.10 Å². The molecule has 0 radical (unpaired) electrons. The number of aliphatic hydroxyl groups excluding tert-OH is 1. The van der Waals surface area contributed by atoms with Crippen LogP contribution in [0.25, 0.3) is 11.1 Å². The molecule has 1 aromatic heterocycles. The van der Waals surface area contributed by atoms with Crippen LogP contribution in [0.5, 0.6) is 0 Å². The summed E-state index contributed by atoms with van der Waals surface area (Å²) in [6.07, 6.45) is 4.16. The Balaban J connectivity index is 1.51. The average molecular weight is 377 g/mol. The molecule has 1 fully saturated rings. The van der Waals surface area contributed by atoms with Crippen molar-refractivity contribution in [1.29, 1.82) is 0 Å². The Morgan fingerprint density at radius 1 is 1.11 bits per heavy atom. The monoisotopic (exact) mass is 377 g/mol. The summed E-state index contributed by atoms with van der Waals surface area (Å²) in [4.78, 5) is 14.4. The molecule has 2 heterocycles. The van der Waals surface area contributed by atoms with Crippen LogP contribution in [0, 0.1) is 0 Å². The van der Waals surface area contributed by atoms with Crippen molar-refractivity contribution >= 4 is 5.91 Å². The molecule has 1 saturated heterocycles. The maximum absolute atomic E-state index is 12.8. The second kappa shape index (κ2) is 7.58. The first-order chi connectivity index (χ1) is 13.6. The maximum Gasteiger partial charge on any atom is 0.253 e. The van der Waals surface area contributed by atoms with Gasteiger partial charge in [0.1, 0.15) is 5.60 Å². The lowest BCUT2D eigenvalue weighted by Crippen LogP contribution is -2.38. The fourth-order valence-electron chi connectivity index (χ4n) is 3.54. The van der Waals surface area contributed by atoms with E-state index < -0.39 is 5.60 Å². The van der Waals surface area contributed by atoms with Gasteiger partial charge in [0.2, 0.25) is 0 Å².